The van der Waals surface area contributed by atoms with Gasteiger partial charge in [-0.05, 0) is 38.6 Å². The third kappa shape index (κ3) is 2.87. The first-order valence-electron chi connectivity index (χ1n) is 6.53. The Balaban J connectivity index is 2.51. The maximum atomic E-state index is 11.8. The van der Waals surface area contributed by atoms with Crippen LogP contribution in [0.5, 0.6) is 0 Å². The maximum Gasteiger partial charge on any atom is 0.337 e. The number of aromatic carboxylic acids is 1. The van der Waals surface area contributed by atoms with E-state index in [1.54, 1.807) is 4.90 Å². The van der Waals surface area contributed by atoms with E-state index >= 15 is 0 Å². The van der Waals surface area contributed by atoms with Crippen molar-refractivity contribution in [3.8, 4) is 0 Å². The summed E-state index contributed by atoms with van der Waals surface area (Å²) in [6.07, 6.45) is 0.0314. The molecule has 0 spiro atoms. The number of aliphatic hydroxyl groups is 1. The van der Waals surface area contributed by atoms with Gasteiger partial charge < -0.3 is 15.1 Å². The lowest BCUT2D eigenvalue weighted by Gasteiger charge is -2.26. The fraction of sp³-hybridized carbons (Fsp3) is 0.462. The standard InChI is InChI=1S/C13H18N2O5S/c1-8-12(16)5-6-15(8)11-4-3-9(21(19,20)14-2)7-10(11)13(17)18/h3-4,7-8,12,14,16H,5-6H2,1-2H3,(H,17,18). The number of hydrogen-bond acceptors (Lipinski definition) is 5. The third-order valence-corrected chi connectivity index (χ3v) is 5.21. The molecule has 7 nitrogen and oxygen atoms in total. The van der Waals surface area contributed by atoms with Gasteiger partial charge in [0, 0.05) is 6.54 Å². The van der Waals surface area contributed by atoms with Gasteiger partial charge in [0.2, 0.25) is 10.0 Å². The van der Waals surface area contributed by atoms with E-state index in [2.05, 4.69) is 4.72 Å². The van der Waals surface area contributed by atoms with Gasteiger partial charge >= 0.3 is 5.97 Å². The molecule has 1 aromatic carbocycles. The van der Waals surface area contributed by atoms with E-state index in [0.29, 0.717) is 18.7 Å². The Kier molecular flexibility index (Phi) is 4.22. The topological polar surface area (TPSA) is 107 Å². The van der Waals surface area contributed by atoms with Crippen LogP contribution >= 0.6 is 0 Å². The van der Waals surface area contributed by atoms with E-state index in [-0.39, 0.29) is 16.5 Å². The van der Waals surface area contributed by atoms with Crippen LogP contribution in [-0.2, 0) is 10.0 Å². The Morgan fingerprint density at radius 3 is 2.57 bits per heavy atom. The second-order valence-electron chi connectivity index (χ2n) is 4.98. The van der Waals surface area contributed by atoms with Gasteiger partial charge in [0.15, 0.2) is 0 Å². The predicted molar refractivity (Wildman–Crippen MR) is 77.1 cm³/mol. The number of anilines is 1. The summed E-state index contributed by atoms with van der Waals surface area (Å²) in [6.45, 7) is 2.34. The van der Waals surface area contributed by atoms with Crippen molar-refractivity contribution in [1.29, 1.82) is 0 Å². The summed E-state index contributed by atoms with van der Waals surface area (Å²) < 4.78 is 25.7. The maximum absolute atomic E-state index is 11.8. The minimum atomic E-state index is -3.70. The van der Waals surface area contributed by atoms with Crippen molar-refractivity contribution in [2.24, 2.45) is 0 Å². The zero-order valence-corrected chi connectivity index (χ0v) is 12.6. The van der Waals surface area contributed by atoms with E-state index in [1.165, 1.54) is 19.2 Å². The molecule has 0 amide bonds. The van der Waals surface area contributed by atoms with Gasteiger partial charge in [-0.25, -0.2) is 17.9 Å². The number of nitrogens with one attached hydrogen (secondary N) is 1. The number of rotatable bonds is 4. The molecule has 2 unspecified atom stereocenters. The first kappa shape index (κ1) is 15.7. The highest BCUT2D eigenvalue weighted by atomic mass is 32.2. The molecular weight excluding hydrogens is 296 g/mol. The van der Waals surface area contributed by atoms with Gasteiger partial charge in [0.05, 0.1) is 28.3 Å². The quantitative estimate of drug-likeness (QED) is 0.735. The van der Waals surface area contributed by atoms with Crippen molar-refractivity contribution in [1.82, 2.24) is 4.72 Å². The van der Waals surface area contributed by atoms with Gasteiger partial charge in [0.25, 0.3) is 0 Å². The number of benzene rings is 1. The molecule has 1 heterocycles. The van der Waals surface area contributed by atoms with Crippen LogP contribution in [0.25, 0.3) is 0 Å². The fourth-order valence-corrected chi connectivity index (χ4v) is 3.24. The van der Waals surface area contributed by atoms with E-state index in [4.69, 9.17) is 0 Å². The van der Waals surface area contributed by atoms with Gasteiger partial charge in [-0.15, -0.1) is 0 Å². The monoisotopic (exact) mass is 314 g/mol. The van der Waals surface area contributed by atoms with Crippen molar-refractivity contribution >= 4 is 21.7 Å². The lowest BCUT2D eigenvalue weighted by atomic mass is 10.1. The van der Waals surface area contributed by atoms with Crippen LogP contribution in [0, 0.1) is 0 Å². The van der Waals surface area contributed by atoms with Gasteiger partial charge in [0.1, 0.15) is 0 Å². The van der Waals surface area contributed by atoms with Crippen LogP contribution in [0.3, 0.4) is 0 Å². The molecule has 1 saturated heterocycles. The minimum Gasteiger partial charge on any atom is -0.478 e. The van der Waals surface area contributed by atoms with Crippen LogP contribution in [0.2, 0.25) is 0 Å². The highest BCUT2D eigenvalue weighted by Gasteiger charge is 2.32. The number of sulfonamides is 1. The number of hydrogen-bond donors (Lipinski definition) is 3. The van der Waals surface area contributed by atoms with Crippen LogP contribution in [0.1, 0.15) is 23.7 Å². The van der Waals surface area contributed by atoms with Crippen molar-refractivity contribution in [3.63, 3.8) is 0 Å². The molecule has 21 heavy (non-hydrogen) atoms. The summed E-state index contributed by atoms with van der Waals surface area (Å²) in [6, 6.07) is 3.77. The molecule has 3 N–H and O–H groups in total. The molecule has 0 bridgehead atoms. The molecule has 8 heteroatoms. The molecule has 0 aliphatic carbocycles. The predicted octanol–water partition coefficient (Wildman–Crippen LogP) is 0.252. The van der Waals surface area contributed by atoms with Crippen LogP contribution in [0.4, 0.5) is 5.69 Å². The fourth-order valence-electron chi connectivity index (χ4n) is 2.49. The molecule has 1 aromatic rings. The highest BCUT2D eigenvalue weighted by molar-refractivity contribution is 7.89. The van der Waals surface area contributed by atoms with Crippen molar-refractivity contribution in [2.75, 3.05) is 18.5 Å². The summed E-state index contributed by atoms with van der Waals surface area (Å²) in [7, 11) is -2.43. The summed E-state index contributed by atoms with van der Waals surface area (Å²) in [5, 5.41) is 19.1. The van der Waals surface area contributed by atoms with Crippen LogP contribution < -0.4 is 9.62 Å². The number of nitrogens with zero attached hydrogens (tertiary/aromatic N) is 1. The second kappa shape index (κ2) is 5.63. The lowest BCUT2D eigenvalue weighted by molar-refractivity contribution is 0.0697. The van der Waals surface area contributed by atoms with Crippen LogP contribution in [-0.4, -0.2) is 50.3 Å². The summed E-state index contributed by atoms with van der Waals surface area (Å²) in [5.41, 5.74) is 0.328. The van der Waals surface area contributed by atoms with Crippen molar-refractivity contribution in [2.45, 2.75) is 30.4 Å². The van der Waals surface area contributed by atoms with Gasteiger partial charge in [-0.3, -0.25) is 0 Å². The number of aliphatic hydroxyl groups excluding tert-OH is 1. The average Bonchev–Trinajstić information content (AvgIpc) is 2.78. The molecular formula is C13H18N2O5S. The van der Waals surface area contributed by atoms with E-state index in [0.717, 1.165) is 6.07 Å². The molecule has 1 aliphatic rings. The zero-order chi connectivity index (χ0) is 15.8. The molecule has 0 saturated carbocycles. The Morgan fingerprint density at radius 2 is 2.10 bits per heavy atom. The van der Waals surface area contributed by atoms with Crippen LogP contribution in [0.15, 0.2) is 23.1 Å². The van der Waals surface area contributed by atoms with E-state index < -0.39 is 22.1 Å². The van der Waals surface area contributed by atoms with Gasteiger partial charge in [-0.1, -0.05) is 0 Å². The highest BCUT2D eigenvalue weighted by Crippen LogP contribution is 2.30. The van der Waals surface area contributed by atoms with Crippen molar-refractivity contribution < 1.29 is 23.4 Å². The smallest absolute Gasteiger partial charge is 0.337 e. The van der Waals surface area contributed by atoms with E-state index in [9.17, 15) is 23.4 Å². The van der Waals surface area contributed by atoms with E-state index in [1.807, 2.05) is 6.92 Å². The first-order chi connectivity index (χ1) is 9.77. The molecule has 0 radical (unpaired) electrons. The summed E-state index contributed by atoms with van der Waals surface area (Å²) in [5.74, 6) is -1.20. The Labute approximate surface area is 123 Å². The Hall–Kier alpha value is -1.64. The Morgan fingerprint density at radius 1 is 1.43 bits per heavy atom. The first-order valence-corrected chi connectivity index (χ1v) is 8.02. The lowest BCUT2D eigenvalue weighted by Crippen LogP contribution is -2.33. The normalized spacial score (nSPS) is 22.5. The molecule has 116 valence electrons. The number of carbonyl (C=O) groups is 1. The SMILES string of the molecule is CNS(=O)(=O)c1ccc(N2CCC(O)C2C)c(C(=O)O)c1. The number of carboxylic acid groups (broad SMARTS) is 1. The molecule has 2 rings (SSSR count). The molecule has 0 aromatic heterocycles. The number of carboxylic acids is 1. The molecule has 1 aliphatic heterocycles. The largest absolute Gasteiger partial charge is 0.478 e. The summed E-state index contributed by atoms with van der Waals surface area (Å²) >= 11 is 0. The molecule has 2 atom stereocenters. The summed E-state index contributed by atoms with van der Waals surface area (Å²) in [4.78, 5) is 13.1. The minimum absolute atomic E-state index is 0.0905. The second-order valence-corrected chi connectivity index (χ2v) is 6.87. The van der Waals surface area contributed by atoms with Gasteiger partial charge in [-0.2, -0.15) is 0 Å². The van der Waals surface area contributed by atoms with Crippen molar-refractivity contribution in [3.05, 3.63) is 23.8 Å². The Bertz CT molecular complexity index is 659. The zero-order valence-electron chi connectivity index (χ0n) is 11.8. The molecule has 1 fully saturated rings. The average molecular weight is 314 g/mol. The third-order valence-electron chi connectivity index (χ3n) is 3.80.